The van der Waals surface area contributed by atoms with E-state index in [0.717, 1.165) is 0 Å². The molecule has 0 unspecified atom stereocenters. The second-order valence-corrected chi connectivity index (χ2v) is 11.0. The van der Waals surface area contributed by atoms with Crippen molar-refractivity contribution in [3.8, 4) is 11.9 Å². The zero-order valence-electron chi connectivity index (χ0n) is 17.6. The van der Waals surface area contributed by atoms with Gasteiger partial charge in [0.15, 0.2) is 6.19 Å². The fraction of sp³-hybridized carbons (Fsp3) is 0.333. The van der Waals surface area contributed by atoms with Crippen molar-refractivity contribution in [2.24, 2.45) is 0 Å². The number of ether oxygens (including phenoxy) is 1. The summed E-state index contributed by atoms with van der Waals surface area (Å²) in [7, 11) is -2.35. The van der Waals surface area contributed by atoms with Gasteiger partial charge in [-0.25, -0.2) is 17.9 Å². The number of amides is 1. The molecule has 0 radical (unpaired) electrons. The molecule has 0 spiro atoms. The van der Waals surface area contributed by atoms with E-state index in [4.69, 9.17) is 4.74 Å². The number of likely N-dealkylation sites (tertiary alicyclic amines) is 1. The molecule has 0 bridgehead atoms. The molecule has 9 nitrogen and oxygen atoms in total. The Bertz CT molecular complexity index is 1170. The number of halogens is 2. The predicted octanol–water partition coefficient (Wildman–Crippen LogP) is 3.60. The zero-order chi connectivity index (χ0) is 24.2. The van der Waals surface area contributed by atoms with Gasteiger partial charge in [-0.15, -0.1) is 0 Å². The van der Waals surface area contributed by atoms with E-state index >= 15 is 0 Å². The van der Waals surface area contributed by atoms with Crippen LogP contribution >= 0.6 is 31.9 Å². The maximum Gasteiger partial charge on any atom is 0.407 e. The molecule has 0 aromatic heterocycles. The average molecular weight is 602 g/mol. The predicted molar refractivity (Wildman–Crippen MR) is 128 cm³/mol. The van der Waals surface area contributed by atoms with Crippen molar-refractivity contribution >= 4 is 48.0 Å². The van der Waals surface area contributed by atoms with E-state index in [-0.39, 0.29) is 31.0 Å². The SMILES string of the molecule is COc1ccccc1CN(C[C@H]1C[C@@H](NS(=O)(=O)c2cc(Br)ccc2Br)CN1C#N)C(=O)O. The van der Waals surface area contributed by atoms with Crippen LogP contribution < -0.4 is 9.46 Å². The van der Waals surface area contributed by atoms with Gasteiger partial charge in [0.05, 0.1) is 24.6 Å². The summed E-state index contributed by atoms with van der Waals surface area (Å²) in [4.78, 5) is 14.6. The first kappa shape index (κ1) is 25.3. The Labute approximate surface area is 209 Å². The number of methoxy groups -OCH3 is 1. The number of hydrogen-bond donors (Lipinski definition) is 2. The molecular formula is C21H22Br2N4O5S. The molecule has 2 aromatic rings. The summed E-state index contributed by atoms with van der Waals surface area (Å²) in [5.41, 5.74) is 0.695. The molecule has 12 heteroatoms. The topological polar surface area (TPSA) is 123 Å². The molecule has 33 heavy (non-hydrogen) atoms. The second kappa shape index (κ2) is 10.7. The summed E-state index contributed by atoms with van der Waals surface area (Å²) in [6.45, 7) is 0.268. The summed E-state index contributed by atoms with van der Waals surface area (Å²) in [5.74, 6) is 0.567. The van der Waals surface area contributed by atoms with Crippen LogP contribution in [0, 0.1) is 11.5 Å². The van der Waals surface area contributed by atoms with Crippen LogP contribution in [-0.4, -0.2) is 61.7 Å². The van der Waals surface area contributed by atoms with E-state index < -0.39 is 28.2 Å². The lowest BCUT2D eigenvalue weighted by molar-refractivity contribution is 0.130. The third-order valence-electron chi connectivity index (χ3n) is 5.30. The van der Waals surface area contributed by atoms with Gasteiger partial charge in [0.1, 0.15) is 5.75 Å². The third kappa shape index (κ3) is 6.17. The molecule has 1 heterocycles. The number of hydrogen-bond acceptors (Lipinski definition) is 6. The van der Waals surface area contributed by atoms with Crippen molar-refractivity contribution in [1.29, 1.82) is 5.26 Å². The molecule has 3 rings (SSSR count). The highest BCUT2D eigenvalue weighted by molar-refractivity contribution is 9.11. The van der Waals surface area contributed by atoms with Crippen LogP contribution in [0.25, 0.3) is 0 Å². The van der Waals surface area contributed by atoms with E-state index in [1.165, 1.54) is 23.0 Å². The minimum absolute atomic E-state index is 0.0414. The fourth-order valence-electron chi connectivity index (χ4n) is 3.77. The van der Waals surface area contributed by atoms with E-state index in [9.17, 15) is 23.6 Å². The standard InChI is InChI=1S/C21H22Br2N4O5S/c1-32-19-5-3-2-4-14(19)10-26(21(28)29)12-17-9-16(11-27(17)13-24)25-33(30,31)20-8-15(22)6-7-18(20)23/h2-8,16-17,25H,9-12H2,1H3,(H,28,29)/t16-,17-/m1/s1. The Morgan fingerprint density at radius 2 is 2.06 bits per heavy atom. The minimum atomic E-state index is -3.86. The highest BCUT2D eigenvalue weighted by Crippen LogP contribution is 2.28. The van der Waals surface area contributed by atoms with Gasteiger partial charge in [0, 0.05) is 33.6 Å². The zero-order valence-corrected chi connectivity index (χ0v) is 21.6. The lowest BCUT2D eigenvalue weighted by atomic mass is 10.1. The number of nitrogens with one attached hydrogen (secondary N) is 1. The molecule has 1 aliphatic heterocycles. The van der Waals surface area contributed by atoms with Gasteiger partial charge in [-0.2, -0.15) is 5.26 Å². The second-order valence-electron chi connectivity index (χ2n) is 7.51. The van der Waals surface area contributed by atoms with Crippen molar-refractivity contribution in [3.05, 3.63) is 57.0 Å². The average Bonchev–Trinajstić information content (AvgIpc) is 3.15. The summed E-state index contributed by atoms with van der Waals surface area (Å²) in [5, 5.41) is 19.3. The Hall–Kier alpha value is -2.33. The number of nitrogens with zero attached hydrogens (tertiary/aromatic N) is 3. The fourth-order valence-corrected chi connectivity index (χ4v) is 6.51. The van der Waals surface area contributed by atoms with Crippen molar-refractivity contribution in [1.82, 2.24) is 14.5 Å². The molecule has 0 saturated carbocycles. The quantitative estimate of drug-likeness (QED) is 0.443. The van der Waals surface area contributed by atoms with Crippen molar-refractivity contribution in [2.45, 2.75) is 29.9 Å². The van der Waals surface area contributed by atoms with Crippen molar-refractivity contribution < 1.29 is 23.1 Å². The molecule has 2 N–H and O–H groups in total. The minimum Gasteiger partial charge on any atom is -0.496 e. The number of benzene rings is 2. The molecule has 176 valence electrons. The lowest BCUT2D eigenvalue weighted by Gasteiger charge is -2.26. The molecule has 2 atom stereocenters. The van der Waals surface area contributed by atoms with Crippen LogP contribution in [0.3, 0.4) is 0 Å². The first-order valence-electron chi connectivity index (χ1n) is 9.88. The van der Waals surface area contributed by atoms with Crippen LogP contribution in [0.2, 0.25) is 0 Å². The Kier molecular flexibility index (Phi) is 8.23. The molecule has 0 aliphatic carbocycles. The first-order valence-corrected chi connectivity index (χ1v) is 12.9. The van der Waals surface area contributed by atoms with Gasteiger partial charge >= 0.3 is 6.09 Å². The van der Waals surface area contributed by atoms with E-state index in [2.05, 4.69) is 42.8 Å². The summed E-state index contributed by atoms with van der Waals surface area (Å²) in [6, 6.07) is 10.9. The van der Waals surface area contributed by atoms with E-state index in [0.29, 0.717) is 20.3 Å². The Balaban J connectivity index is 1.74. The van der Waals surface area contributed by atoms with Crippen LogP contribution in [0.5, 0.6) is 5.75 Å². The van der Waals surface area contributed by atoms with E-state index in [1.54, 1.807) is 36.4 Å². The van der Waals surface area contributed by atoms with Gasteiger partial charge < -0.3 is 19.6 Å². The summed E-state index contributed by atoms with van der Waals surface area (Å²) >= 11 is 6.54. The molecular weight excluding hydrogens is 580 g/mol. The van der Waals surface area contributed by atoms with Crippen LogP contribution in [0.1, 0.15) is 12.0 Å². The Morgan fingerprint density at radius 1 is 1.33 bits per heavy atom. The van der Waals surface area contributed by atoms with Gasteiger partial charge in [-0.1, -0.05) is 34.1 Å². The molecule has 1 fully saturated rings. The van der Waals surface area contributed by atoms with Gasteiger partial charge in [0.2, 0.25) is 10.0 Å². The number of nitriles is 1. The lowest BCUT2D eigenvalue weighted by Crippen LogP contribution is -2.40. The highest BCUT2D eigenvalue weighted by Gasteiger charge is 2.36. The first-order chi connectivity index (χ1) is 15.6. The number of para-hydroxylation sites is 1. The van der Waals surface area contributed by atoms with Crippen LogP contribution in [-0.2, 0) is 16.6 Å². The summed E-state index contributed by atoms with van der Waals surface area (Å²) < 4.78 is 34.8. The third-order valence-corrected chi connectivity index (χ3v) is 8.31. The summed E-state index contributed by atoms with van der Waals surface area (Å²) in [6.07, 6.45) is 1.21. The van der Waals surface area contributed by atoms with Crippen LogP contribution in [0.15, 0.2) is 56.3 Å². The van der Waals surface area contributed by atoms with E-state index in [1.807, 2.05) is 0 Å². The van der Waals surface area contributed by atoms with Crippen molar-refractivity contribution in [3.63, 3.8) is 0 Å². The normalized spacial score (nSPS) is 18.1. The molecule has 2 aromatic carbocycles. The smallest absolute Gasteiger partial charge is 0.407 e. The maximum absolute atomic E-state index is 12.9. The molecule has 1 amide bonds. The van der Waals surface area contributed by atoms with Crippen LogP contribution in [0.4, 0.5) is 4.79 Å². The highest BCUT2D eigenvalue weighted by atomic mass is 79.9. The largest absolute Gasteiger partial charge is 0.496 e. The number of rotatable bonds is 8. The molecule has 1 aliphatic rings. The molecule has 1 saturated heterocycles. The number of carbonyl (C=O) groups is 1. The number of sulfonamides is 1. The maximum atomic E-state index is 12.9. The van der Waals surface area contributed by atoms with Gasteiger partial charge in [0.25, 0.3) is 0 Å². The van der Waals surface area contributed by atoms with Gasteiger partial charge in [-0.05, 0) is 46.6 Å². The monoisotopic (exact) mass is 600 g/mol. The Morgan fingerprint density at radius 3 is 2.73 bits per heavy atom. The number of carboxylic acid groups (broad SMARTS) is 1. The van der Waals surface area contributed by atoms with Gasteiger partial charge in [-0.3, -0.25) is 0 Å². The van der Waals surface area contributed by atoms with Crippen molar-refractivity contribution in [2.75, 3.05) is 20.2 Å².